The molecule has 1 aromatic rings. The van der Waals surface area contributed by atoms with Crippen molar-refractivity contribution in [1.29, 1.82) is 0 Å². The van der Waals surface area contributed by atoms with Crippen molar-refractivity contribution in [2.75, 3.05) is 19.6 Å². The van der Waals surface area contributed by atoms with Crippen molar-refractivity contribution in [2.24, 2.45) is 0 Å². The second-order valence-corrected chi connectivity index (χ2v) is 4.53. The predicted molar refractivity (Wildman–Crippen MR) is 74.9 cm³/mol. The van der Waals surface area contributed by atoms with Gasteiger partial charge in [-0.25, -0.2) is 4.79 Å². The molecule has 0 aliphatic carbocycles. The molecule has 4 heteroatoms. The van der Waals surface area contributed by atoms with Gasteiger partial charge in [0.1, 0.15) is 0 Å². The number of ketones is 1. The Balaban J connectivity index is 2.77. The monoisotopic (exact) mass is 263 g/mol. The van der Waals surface area contributed by atoms with E-state index in [0.717, 1.165) is 13.1 Å². The minimum Gasteiger partial charge on any atom is -0.478 e. The van der Waals surface area contributed by atoms with E-state index in [9.17, 15) is 9.59 Å². The van der Waals surface area contributed by atoms with Crippen LogP contribution in [0.4, 0.5) is 0 Å². The van der Waals surface area contributed by atoms with E-state index in [1.54, 1.807) is 19.1 Å². The van der Waals surface area contributed by atoms with Crippen LogP contribution in [0.2, 0.25) is 0 Å². The van der Waals surface area contributed by atoms with E-state index in [1.165, 1.54) is 6.07 Å². The van der Waals surface area contributed by atoms with E-state index in [2.05, 4.69) is 18.7 Å². The first-order valence-corrected chi connectivity index (χ1v) is 6.59. The summed E-state index contributed by atoms with van der Waals surface area (Å²) in [6.45, 7) is 8.39. The van der Waals surface area contributed by atoms with Crippen molar-refractivity contribution in [3.8, 4) is 0 Å². The van der Waals surface area contributed by atoms with Gasteiger partial charge in [0, 0.05) is 18.5 Å². The standard InChI is InChI=1S/C15H21NO3/c1-4-16(5-2)9-8-14(17)12-7-6-11(3)13(10-12)15(18)19/h6-7,10H,4-5,8-9H2,1-3H3,(H,18,19). The van der Waals surface area contributed by atoms with Crippen LogP contribution in [0, 0.1) is 6.92 Å². The van der Waals surface area contributed by atoms with E-state index < -0.39 is 5.97 Å². The van der Waals surface area contributed by atoms with E-state index in [0.29, 0.717) is 24.1 Å². The molecule has 0 saturated carbocycles. The van der Waals surface area contributed by atoms with Crippen LogP contribution < -0.4 is 0 Å². The predicted octanol–water partition coefficient (Wildman–Crippen LogP) is 2.61. The summed E-state index contributed by atoms with van der Waals surface area (Å²) in [6, 6.07) is 4.86. The first-order valence-electron chi connectivity index (χ1n) is 6.59. The molecule has 19 heavy (non-hydrogen) atoms. The number of aryl methyl sites for hydroxylation is 1. The molecular weight excluding hydrogens is 242 g/mol. The highest BCUT2D eigenvalue weighted by atomic mass is 16.4. The van der Waals surface area contributed by atoms with Gasteiger partial charge in [-0.1, -0.05) is 26.0 Å². The molecule has 1 aromatic carbocycles. The summed E-state index contributed by atoms with van der Waals surface area (Å²) < 4.78 is 0. The normalized spacial score (nSPS) is 10.7. The van der Waals surface area contributed by atoms with E-state index >= 15 is 0 Å². The molecule has 0 spiro atoms. The minimum atomic E-state index is -0.990. The average Bonchev–Trinajstić information content (AvgIpc) is 2.39. The number of rotatable bonds is 7. The Morgan fingerprint density at radius 3 is 2.37 bits per heavy atom. The van der Waals surface area contributed by atoms with E-state index in [4.69, 9.17) is 5.11 Å². The fourth-order valence-corrected chi connectivity index (χ4v) is 1.97. The summed E-state index contributed by atoms with van der Waals surface area (Å²) in [7, 11) is 0. The van der Waals surface area contributed by atoms with Crippen LogP contribution in [-0.2, 0) is 0 Å². The van der Waals surface area contributed by atoms with Gasteiger partial charge in [0.15, 0.2) is 5.78 Å². The largest absolute Gasteiger partial charge is 0.478 e. The number of nitrogens with zero attached hydrogens (tertiary/aromatic N) is 1. The Kier molecular flexibility index (Phi) is 5.70. The lowest BCUT2D eigenvalue weighted by molar-refractivity contribution is 0.0696. The highest BCUT2D eigenvalue weighted by Gasteiger charge is 2.13. The lowest BCUT2D eigenvalue weighted by Crippen LogP contribution is -2.25. The summed E-state index contributed by atoms with van der Waals surface area (Å²) in [4.78, 5) is 25.3. The van der Waals surface area contributed by atoms with Crippen molar-refractivity contribution >= 4 is 11.8 Å². The van der Waals surface area contributed by atoms with Gasteiger partial charge in [-0.3, -0.25) is 4.79 Å². The minimum absolute atomic E-state index is 0.00519. The molecule has 0 fully saturated rings. The molecule has 0 saturated heterocycles. The molecule has 1 N–H and O–H groups in total. The molecule has 0 aromatic heterocycles. The first-order chi connectivity index (χ1) is 8.99. The third-order valence-electron chi connectivity index (χ3n) is 3.34. The summed E-state index contributed by atoms with van der Waals surface area (Å²) in [5.41, 5.74) is 1.36. The molecule has 4 nitrogen and oxygen atoms in total. The Labute approximate surface area is 114 Å². The Hall–Kier alpha value is -1.68. The quantitative estimate of drug-likeness (QED) is 0.768. The number of carbonyl (C=O) groups excluding carboxylic acids is 1. The van der Waals surface area contributed by atoms with Crippen LogP contribution >= 0.6 is 0 Å². The number of benzene rings is 1. The lowest BCUT2D eigenvalue weighted by atomic mass is 10.0. The van der Waals surface area contributed by atoms with Gasteiger partial charge in [-0.15, -0.1) is 0 Å². The van der Waals surface area contributed by atoms with Gasteiger partial charge in [-0.05, 0) is 31.6 Å². The Bertz CT molecular complexity index is 464. The summed E-state index contributed by atoms with van der Waals surface area (Å²) in [5, 5.41) is 9.05. The topological polar surface area (TPSA) is 57.6 Å². The maximum absolute atomic E-state index is 12.0. The van der Waals surface area contributed by atoms with Gasteiger partial charge < -0.3 is 10.0 Å². The molecule has 1 rings (SSSR count). The second-order valence-electron chi connectivity index (χ2n) is 4.53. The first kappa shape index (κ1) is 15.4. The van der Waals surface area contributed by atoms with Crippen molar-refractivity contribution in [2.45, 2.75) is 27.2 Å². The van der Waals surface area contributed by atoms with Crippen LogP contribution in [-0.4, -0.2) is 41.4 Å². The summed E-state index contributed by atoms with van der Waals surface area (Å²) in [5.74, 6) is -0.995. The van der Waals surface area contributed by atoms with E-state index in [-0.39, 0.29) is 11.3 Å². The smallest absolute Gasteiger partial charge is 0.335 e. The highest BCUT2D eigenvalue weighted by molar-refractivity contribution is 5.99. The third-order valence-corrected chi connectivity index (χ3v) is 3.34. The molecule has 0 unspecified atom stereocenters. The number of carboxylic acids is 1. The van der Waals surface area contributed by atoms with E-state index in [1.807, 2.05) is 0 Å². The number of hydrogen-bond acceptors (Lipinski definition) is 3. The molecule has 0 aliphatic rings. The Morgan fingerprint density at radius 1 is 1.21 bits per heavy atom. The SMILES string of the molecule is CCN(CC)CCC(=O)c1ccc(C)c(C(=O)O)c1. The molecule has 0 aliphatic heterocycles. The van der Waals surface area contributed by atoms with Gasteiger partial charge in [0.05, 0.1) is 5.56 Å². The van der Waals surface area contributed by atoms with Crippen molar-refractivity contribution in [3.05, 3.63) is 34.9 Å². The Morgan fingerprint density at radius 2 is 1.84 bits per heavy atom. The maximum atomic E-state index is 12.0. The van der Waals surface area contributed by atoms with Crippen LogP contribution in [0.15, 0.2) is 18.2 Å². The van der Waals surface area contributed by atoms with Crippen LogP contribution in [0.25, 0.3) is 0 Å². The maximum Gasteiger partial charge on any atom is 0.335 e. The number of Topliss-reactive ketones (excluding diaryl/α,β-unsaturated/α-hetero) is 1. The average molecular weight is 263 g/mol. The van der Waals surface area contributed by atoms with Crippen molar-refractivity contribution < 1.29 is 14.7 Å². The summed E-state index contributed by atoms with van der Waals surface area (Å²) >= 11 is 0. The number of carboxylic acid groups (broad SMARTS) is 1. The zero-order valence-electron chi connectivity index (χ0n) is 11.8. The molecule has 0 bridgehead atoms. The molecule has 0 radical (unpaired) electrons. The molecule has 104 valence electrons. The second kappa shape index (κ2) is 7.04. The van der Waals surface area contributed by atoms with Crippen LogP contribution in [0.1, 0.15) is 46.5 Å². The van der Waals surface area contributed by atoms with Crippen LogP contribution in [0.5, 0.6) is 0 Å². The molecule has 0 atom stereocenters. The lowest BCUT2D eigenvalue weighted by Gasteiger charge is -2.17. The van der Waals surface area contributed by atoms with Crippen LogP contribution in [0.3, 0.4) is 0 Å². The number of hydrogen-bond donors (Lipinski definition) is 1. The fraction of sp³-hybridized carbons (Fsp3) is 0.467. The molecule has 0 amide bonds. The van der Waals surface area contributed by atoms with Gasteiger partial charge in [-0.2, -0.15) is 0 Å². The van der Waals surface area contributed by atoms with Gasteiger partial charge in [0.2, 0.25) is 0 Å². The van der Waals surface area contributed by atoms with Crippen molar-refractivity contribution in [3.63, 3.8) is 0 Å². The fourth-order valence-electron chi connectivity index (χ4n) is 1.97. The molecular formula is C15H21NO3. The third kappa shape index (κ3) is 4.17. The summed E-state index contributed by atoms with van der Waals surface area (Å²) in [6.07, 6.45) is 0.420. The van der Waals surface area contributed by atoms with Gasteiger partial charge >= 0.3 is 5.97 Å². The molecule has 0 heterocycles. The van der Waals surface area contributed by atoms with Crippen molar-refractivity contribution in [1.82, 2.24) is 4.90 Å². The zero-order chi connectivity index (χ0) is 14.4. The van der Waals surface area contributed by atoms with Gasteiger partial charge in [0.25, 0.3) is 0 Å². The highest BCUT2D eigenvalue weighted by Crippen LogP contribution is 2.13. The number of aromatic carboxylic acids is 1. The number of carbonyl (C=O) groups is 2. The zero-order valence-corrected chi connectivity index (χ0v) is 11.8.